The lowest BCUT2D eigenvalue weighted by Gasteiger charge is -2.21. The molecular weight excluding hydrogens is 503 g/mol. The van der Waals surface area contributed by atoms with E-state index in [4.69, 9.17) is 37.6 Å². The third-order valence-electron chi connectivity index (χ3n) is 5.91. The van der Waals surface area contributed by atoms with Crippen LogP contribution in [0.3, 0.4) is 0 Å². The van der Waals surface area contributed by atoms with Crippen molar-refractivity contribution in [2.45, 2.75) is 26.2 Å². The molecule has 4 aromatic rings. The van der Waals surface area contributed by atoms with Crippen molar-refractivity contribution >= 4 is 52.1 Å². The van der Waals surface area contributed by atoms with Crippen molar-refractivity contribution < 1.29 is 24.0 Å². The minimum Gasteiger partial charge on any atom is -0.478 e. The topological polar surface area (TPSA) is 94.6 Å². The van der Waals surface area contributed by atoms with Gasteiger partial charge in [-0.2, -0.15) is 0 Å². The van der Waals surface area contributed by atoms with Gasteiger partial charge in [0.15, 0.2) is 5.76 Å². The number of halogens is 2. The van der Waals surface area contributed by atoms with Crippen LogP contribution in [0.4, 0.5) is 0 Å². The average molecular weight is 527 g/mol. The number of fused-ring (bicyclic) bond motifs is 1. The van der Waals surface area contributed by atoms with E-state index >= 15 is 0 Å². The van der Waals surface area contributed by atoms with Crippen molar-refractivity contribution in [1.82, 2.24) is 9.72 Å². The highest BCUT2D eigenvalue weighted by Crippen LogP contribution is 2.40. The van der Waals surface area contributed by atoms with Gasteiger partial charge in [-0.05, 0) is 48.4 Å². The third-order valence-corrected chi connectivity index (χ3v) is 6.42. The molecule has 0 unspecified atom stereocenters. The summed E-state index contributed by atoms with van der Waals surface area (Å²) in [7, 11) is 1.58. The van der Waals surface area contributed by atoms with Gasteiger partial charge in [-0.3, -0.25) is 9.36 Å². The Morgan fingerprint density at radius 3 is 2.64 bits per heavy atom. The molecule has 0 aliphatic carbocycles. The molecular formula is C27H24Cl2N2O5. The lowest BCUT2D eigenvalue weighted by molar-refractivity contribution is -0.131. The average Bonchev–Trinajstić information content (AvgIpc) is 3.42. The van der Waals surface area contributed by atoms with E-state index in [0.717, 1.165) is 17.0 Å². The van der Waals surface area contributed by atoms with Gasteiger partial charge in [-0.15, -0.1) is 0 Å². The molecule has 0 aliphatic rings. The number of carbonyl (C=O) groups excluding carboxylic acids is 1. The molecule has 9 heteroatoms. The highest BCUT2D eigenvalue weighted by molar-refractivity contribution is 6.36. The van der Waals surface area contributed by atoms with Crippen molar-refractivity contribution in [1.29, 1.82) is 0 Å². The van der Waals surface area contributed by atoms with Crippen LogP contribution in [0.1, 0.15) is 41.1 Å². The standard InChI is InChI=1S/C27H24Cl2N2O5/c1-15-12-17(28)13-19(29)22(15)24-23(25(36-30-24)27(2,3)14-35-4)26(34)31-11-10-18-16(8-9-21(32)33)6-5-7-20(18)31/h5-13H,14H2,1-4H3,(H,32,33)/b9-8+. The van der Waals surface area contributed by atoms with E-state index in [2.05, 4.69) is 5.16 Å². The smallest absolute Gasteiger partial charge is 0.328 e. The normalized spacial score (nSPS) is 12.1. The second kappa shape index (κ2) is 9.93. The summed E-state index contributed by atoms with van der Waals surface area (Å²) < 4.78 is 12.7. The molecule has 0 amide bonds. The summed E-state index contributed by atoms with van der Waals surface area (Å²) in [6, 6.07) is 10.4. The minimum absolute atomic E-state index is 0.258. The molecule has 0 spiro atoms. The summed E-state index contributed by atoms with van der Waals surface area (Å²) in [5.74, 6) is -1.07. The van der Waals surface area contributed by atoms with E-state index in [-0.39, 0.29) is 18.1 Å². The molecule has 2 aromatic carbocycles. The highest BCUT2D eigenvalue weighted by atomic mass is 35.5. The number of carboxylic acids is 1. The van der Waals surface area contributed by atoms with Crippen LogP contribution in [0.15, 0.2) is 53.2 Å². The number of ether oxygens (including phenoxy) is 1. The van der Waals surface area contributed by atoms with Crippen molar-refractivity contribution in [3.05, 3.63) is 81.2 Å². The first-order valence-electron chi connectivity index (χ1n) is 11.1. The van der Waals surface area contributed by atoms with Gasteiger partial charge >= 0.3 is 5.97 Å². The Balaban J connectivity index is 1.96. The van der Waals surface area contributed by atoms with Crippen LogP contribution in [0.5, 0.6) is 0 Å². The van der Waals surface area contributed by atoms with E-state index < -0.39 is 11.4 Å². The molecule has 4 rings (SSSR count). The Kier molecular flexibility index (Phi) is 7.09. The Hall–Kier alpha value is -3.39. The molecule has 0 radical (unpaired) electrons. The van der Waals surface area contributed by atoms with Gasteiger partial charge in [0.05, 0.1) is 17.1 Å². The predicted molar refractivity (Wildman–Crippen MR) is 140 cm³/mol. The summed E-state index contributed by atoms with van der Waals surface area (Å²) in [5.41, 5.74) is 2.45. The van der Waals surface area contributed by atoms with E-state index in [1.807, 2.05) is 20.8 Å². The van der Waals surface area contributed by atoms with Crippen molar-refractivity contribution in [2.24, 2.45) is 0 Å². The first kappa shape index (κ1) is 25.7. The highest BCUT2D eigenvalue weighted by Gasteiger charge is 2.36. The fourth-order valence-corrected chi connectivity index (χ4v) is 5.03. The van der Waals surface area contributed by atoms with Gasteiger partial charge in [0, 0.05) is 40.8 Å². The molecule has 36 heavy (non-hydrogen) atoms. The van der Waals surface area contributed by atoms with Gasteiger partial charge in [-0.1, -0.05) is 54.3 Å². The monoisotopic (exact) mass is 526 g/mol. The number of aromatic nitrogens is 2. The van der Waals surface area contributed by atoms with Crippen molar-refractivity contribution in [3.8, 4) is 11.3 Å². The van der Waals surface area contributed by atoms with Gasteiger partial charge in [0.1, 0.15) is 11.3 Å². The van der Waals surface area contributed by atoms with Crippen LogP contribution in [0.2, 0.25) is 10.0 Å². The molecule has 0 aliphatic heterocycles. The largest absolute Gasteiger partial charge is 0.478 e. The van der Waals surface area contributed by atoms with Gasteiger partial charge in [-0.25, -0.2) is 4.79 Å². The quantitative estimate of drug-likeness (QED) is 0.272. The zero-order valence-corrected chi connectivity index (χ0v) is 21.6. The number of benzene rings is 2. The van der Waals surface area contributed by atoms with Crippen LogP contribution in [-0.2, 0) is 14.9 Å². The molecule has 7 nitrogen and oxygen atoms in total. The van der Waals surface area contributed by atoms with E-state index in [0.29, 0.717) is 38.1 Å². The SMILES string of the molecule is COCC(C)(C)c1onc(-c2c(C)cc(Cl)cc2Cl)c1C(=O)n1ccc2c(/C=C/C(=O)O)cccc21. The first-order chi connectivity index (χ1) is 17.0. The summed E-state index contributed by atoms with van der Waals surface area (Å²) >= 11 is 12.7. The fraction of sp³-hybridized carbons (Fsp3) is 0.222. The van der Waals surface area contributed by atoms with Gasteiger partial charge in [0.25, 0.3) is 5.91 Å². The first-order valence-corrected chi connectivity index (χ1v) is 11.8. The summed E-state index contributed by atoms with van der Waals surface area (Å²) in [4.78, 5) is 25.2. The maximum absolute atomic E-state index is 14.2. The Labute approximate surface area is 217 Å². The molecule has 0 saturated carbocycles. The minimum atomic E-state index is -1.06. The number of nitrogens with zero attached hydrogens (tertiary/aromatic N) is 2. The lowest BCUT2D eigenvalue weighted by atomic mass is 9.86. The predicted octanol–water partition coefficient (Wildman–Crippen LogP) is 6.62. The number of aryl methyl sites for hydroxylation is 1. The molecule has 0 saturated heterocycles. The van der Waals surface area contributed by atoms with E-state index in [1.54, 1.807) is 49.7 Å². The maximum atomic E-state index is 14.2. The van der Waals surface area contributed by atoms with E-state index in [1.165, 1.54) is 10.6 Å². The zero-order chi connectivity index (χ0) is 26.2. The second-order valence-corrected chi connectivity index (χ2v) is 9.92. The number of carboxylic acid groups (broad SMARTS) is 1. The van der Waals surface area contributed by atoms with Crippen molar-refractivity contribution in [3.63, 3.8) is 0 Å². The Bertz CT molecular complexity index is 1490. The van der Waals surface area contributed by atoms with Crippen LogP contribution in [-0.4, -0.2) is 40.4 Å². The van der Waals surface area contributed by atoms with Crippen LogP contribution < -0.4 is 0 Å². The molecule has 0 fully saturated rings. The Morgan fingerprint density at radius 2 is 1.97 bits per heavy atom. The fourth-order valence-electron chi connectivity index (χ4n) is 4.34. The van der Waals surface area contributed by atoms with Gasteiger partial charge < -0.3 is 14.4 Å². The second-order valence-electron chi connectivity index (χ2n) is 9.07. The number of hydrogen-bond donors (Lipinski definition) is 1. The maximum Gasteiger partial charge on any atom is 0.328 e. The third kappa shape index (κ3) is 4.69. The molecule has 2 heterocycles. The number of aliphatic carboxylic acids is 1. The number of rotatable bonds is 7. The molecule has 0 bridgehead atoms. The van der Waals surface area contributed by atoms with Gasteiger partial charge in [0.2, 0.25) is 0 Å². The summed E-state index contributed by atoms with van der Waals surface area (Å²) in [6.45, 7) is 5.92. The van der Waals surface area contributed by atoms with Crippen LogP contribution in [0, 0.1) is 6.92 Å². The zero-order valence-electron chi connectivity index (χ0n) is 20.1. The number of carbonyl (C=O) groups is 2. The lowest BCUT2D eigenvalue weighted by Crippen LogP contribution is -2.26. The summed E-state index contributed by atoms with van der Waals surface area (Å²) in [5, 5.41) is 14.9. The molecule has 2 aromatic heterocycles. The van der Waals surface area contributed by atoms with Crippen LogP contribution in [0.25, 0.3) is 28.2 Å². The van der Waals surface area contributed by atoms with Crippen molar-refractivity contribution in [2.75, 3.05) is 13.7 Å². The number of hydrogen-bond acceptors (Lipinski definition) is 5. The summed E-state index contributed by atoms with van der Waals surface area (Å²) in [6.07, 6.45) is 4.20. The molecule has 1 N–H and O–H groups in total. The van der Waals surface area contributed by atoms with Crippen LogP contribution >= 0.6 is 23.2 Å². The Morgan fingerprint density at radius 1 is 1.22 bits per heavy atom. The molecule has 0 atom stereocenters. The molecule has 186 valence electrons. The van der Waals surface area contributed by atoms with E-state index in [9.17, 15) is 9.59 Å². The number of methoxy groups -OCH3 is 1.